The zero-order valence-corrected chi connectivity index (χ0v) is 15.5. The molecule has 1 N–H and O–H groups in total. The summed E-state index contributed by atoms with van der Waals surface area (Å²) in [7, 11) is 0. The number of benzene rings is 3. The van der Waals surface area contributed by atoms with Crippen molar-refractivity contribution in [2.24, 2.45) is 0 Å². The van der Waals surface area contributed by atoms with E-state index in [0.717, 1.165) is 41.5 Å². The molecule has 0 atom stereocenters. The Morgan fingerprint density at radius 1 is 0.846 bits per heavy atom. The van der Waals surface area contributed by atoms with E-state index in [2.05, 4.69) is 48.3 Å². The topological polar surface area (TPSA) is 32.3 Å². The van der Waals surface area contributed by atoms with Gasteiger partial charge in [0.1, 0.15) is 0 Å². The number of amides is 1. The molecule has 0 aliphatic heterocycles. The molecule has 0 heterocycles. The first kappa shape index (κ1) is 18.2. The molecule has 0 aliphatic carbocycles. The van der Waals surface area contributed by atoms with Gasteiger partial charge in [0.2, 0.25) is 0 Å². The van der Waals surface area contributed by atoms with E-state index in [-0.39, 0.29) is 5.91 Å². The van der Waals surface area contributed by atoms with Crippen LogP contribution in [0.1, 0.15) is 35.3 Å². The zero-order valence-electron chi connectivity index (χ0n) is 15.5. The van der Waals surface area contributed by atoms with Crippen LogP contribution in [0.25, 0.3) is 10.8 Å². The van der Waals surface area contributed by atoms with Crippen molar-refractivity contribution in [3.05, 3.63) is 83.4 Å². The summed E-state index contributed by atoms with van der Waals surface area (Å²) in [6, 6.07) is 22.3. The van der Waals surface area contributed by atoms with E-state index in [0.29, 0.717) is 6.54 Å². The fourth-order valence-electron chi connectivity index (χ4n) is 3.17. The van der Waals surface area contributed by atoms with Crippen LogP contribution in [0.5, 0.6) is 0 Å². The summed E-state index contributed by atoms with van der Waals surface area (Å²) in [4.78, 5) is 15.0. The Bertz CT molecular complexity index is 862. The standard InChI is InChI=1S/C23H26N2O/c1-3-25(4-2)17-19-14-12-18(13-15-19)16-24-23(26)22-11-7-9-20-8-5-6-10-21(20)22/h5-15H,3-4,16-17H2,1-2H3,(H,24,26). The van der Waals surface area contributed by atoms with Crippen molar-refractivity contribution < 1.29 is 4.79 Å². The lowest BCUT2D eigenvalue weighted by atomic mass is 10.0. The van der Waals surface area contributed by atoms with Gasteiger partial charge in [0.05, 0.1) is 0 Å². The van der Waals surface area contributed by atoms with E-state index in [9.17, 15) is 4.79 Å². The zero-order chi connectivity index (χ0) is 18.4. The van der Waals surface area contributed by atoms with E-state index in [4.69, 9.17) is 0 Å². The van der Waals surface area contributed by atoms with Crippen LogP contribution in [0.2, 0.25) is 0 Å². The second kappa shape index (κ2) is 8.63. The van der Waals surface area contributed by atoms with Crippen molar-refractivity contribution >= 4 is 16.7 Å². The molecule has 3 aromatic carbocycles. The van der Waals surface area contributed by atoms with E-state index in [1.165, 1.54) is 5.56 Å². The van der Waals surface area contributed by atoms with Gasteiger partial charge in [-0.15, -0.1) is 0 Å². The Morgan fingerprint density at radius 3 is 2.23 bits per heavy atom. The van der Waals surface area contributed by atoms with Crippen LogP contribution in [0.3, 0.4) is 0 Å². The molecule has 134 valence electrons. The summed E-state index contributed by atoms with van der Waals surface area (Å²) >= 11 is 0. The van der Waals surface area contributed by atoms with Gasteiger partial charge in [0.15, 0.2) is 0 Å². The largest absolute Gasteiger partial charge is 0.348 e. The number of nitrogens with one attached hydrogen (secondary N) is 1. The van der Waals surface area contributed by atoms with Gasteiger partial charge in [-0.1, -0.05) is 74.5 Å². The molecule has 0 fully saturated rings. The molecule has 0 spiro atoms. The second-order valence-electron chi connectivity index (χ2n) is 6.49. The number of hydrogen-bond acceptors (Lipinski definition) is 2. The van der Waals surface area contributed by atoms with Crippen molar-refractivity contribution in [2.75, 3.05) is 13.1 Å². The molecule has 0 bridgehead atoms. The molecule has 3 rings (SSSR count). The molecule has 0 saturated carbocycles. The predicted molar refractivity (Wildman–Crippen MR) is 108 cm³/mol. The van der Waals surface area contributed by atoms with E-state index in [1.54, 1.807) is 0 Å². The first-order chi connectivity index (χ1) is 12.7. The van der Waals surface area contributed by atoms with E-state index < -0.39 is 0 Å². The molecule has 0 unspecified atom stereocenters. The number of carbonyl (C=O) groups excluding carboxylic acids is 1. The molecule has 0 saturated heterocycles. The third-order valence-electron chi connectivity index (χ3n) is 4.81. The monoisotopic (exact) mass is 346 g/mol. The van der Waals surface area contributed by atoms with Crippen LogP contribution in [0, 0.1) is 0 Å². The maximum absolute atomic E-state index is 12.6. The van der Waals surface area contributed by atoms with Gasteiger partial charge in [-0.3, -0.25) is 9.69 Å². The lowest BCUT2D eigenvalue weighted by Crippen LogP contribution is -2.23. The van der Waals surface area contributed by atoms with Gasteiger partial charge in [-0.05, 0) is 41.1 Å². The number of rotatable bonds is 7. The molecule has 3 aromatic rings. The van der Waals surface area contributed by atoms with Gasteiger partial charge in [0.25, 0.3) is 5.91 Å². The highest BCUT2D eigenvalue weighted by atomic mass is 16.1. The van der Waals surface area contributed by atoms with Crippen LogP contribution in [-0.4, -0.2) is 23.9 Å². The molecule has 0 radical (unpaired) electrons. The average Bonchev–Trinajstić information content (AvgIpc) is 2.70. The quantitative estimate of drug-likeness (QED) is 0.677. The minimum Gasteiger partial charge on any atom is -0.348 e. The highest BCUT2D eigenvalue weighted by molar-refractivity contribution is 6.06. The molecule has 26 heavy (non-hydrogen) atoms. The van der Waals surface area contributed by atoms with Crippen molar-refractivity contribution in [2.45, 2.75) is 26.9 Å². The first-order valence-electron chi connectivity index (χ1n) is 9.27. The SMILES string of the molecule is CCN(CC)Cc1ccc(CNC(=O)c2cccc3ccccc23)cc1. The Kier molecular flexibility index (Phi) is 6.03. The maximum Gasteiger partial charge on any atom is 0.252 e. The highest BCUT2D eigenvalue weighted by Crippen LogP contribution is 2.18. The Labute approximate surface area is 155 Å². The van der Waals surface area contributed by atoms with Crippen LogP contribution < -0.4 is 5.32 Å². The lowest BCUT2D eigenvalue weighted by molar-refractivity contribution is 0.0952. The first-order valence-corrected chi connectivity index (χ1v) is 9.27. The van der Waals surface area contributed by atoms with Gasteiger partial charge in [0, 0.05) is 18.7 Å². The molecule has 1 amide bonds. The van der Waals surface area contributed by atoms with E-state index >= 15 is 0 Å². The summed E-state index contributed by atoms with van der Waals surface area (Å²) < 4.78 is 0. The molecule has 3 heteroatoms. The summed E-state index contributed by atoms with van der Waals surface area (Å²) in [5.41, 5.74) is 3.14. The summed E-state index contributed by atoms with van der Waals surface area (Å²) in [5, 5.41) is 5.11. The molecule has 3 nitrogen and oxygen atoms in total. The summed E-state index contributed by atoms with van der Waals surface area (Å²) in [5.74, 6) is -0.0333. The predicted octanol–water partition coefficient (Wildman–Crippen LogP) is 4.61. The number of hydrogen-bond donors (Lipinski definition) is 1. The van der Waals surface area contributed by atoms with Gasteiger partial charge in [-0.2, -0.15) is 0 Å². The normalized spacial score (nSPS) is 11.0. The maximum atomic E-state index is 12.6. The molecular formula is C23H26N2O. The minimum atomic E-state index is -0.0333. The Morgan fingerprint density at radius 2 is 1.50 bits per heavy atom. The van der Waals surface area contributed by atoms with Gasteiger partial charge >= 0.3 is 0 Å². The van der Waals surface area contributed by atoms with Crippen LogP contribution in [0.15, 0.2) is 66.7 Å². The van der Waals surface area contributed by atoms with Crippen molar-refractivity contribution in [1.29, 1.82) is 0 Å². The third-order valence-corrected chi connectivity index (χ3v) is 4.81. The van der Waals surface area contributed by atoms with E-state index in [1.807, 2.05) is 42.5 Å². The summed E-state index contributed by atoms with van der Waals surface area (Å²) in [6.45, 7) is 7.98. The van der Waals surface area contributed by atoms with Crippen molar-refractivity contribution in [3.8, 4) is 0 Å². The third kappa shape index (κ3) is 4.30. The van der Waals surface area contributed by atoms with Crippen LogP contribution in [0.4, 0.5) is 0 Å². The fourth-order valence-corrected chi connectivity index (χ4v) is 3.17. The number of carbonyl (C=O) groups is 1. The molecular weight excluding hydrogens is 320 g/mol. The lowest BCUT2D eigenvalue weighted by Gasteiger charge is -2.18. The van der Waals surface area contributed by atoms with Gasteiger partial charge < -0.3 is 5.32 Å². The summed E-state index contributed by atoms with van der Waals surface area (Å²) in [6.07, 6.45) is 0. The molecule has 0 aliphatic rings. The second-order valence-corrected chi connectivity index (χ2v) is 6.49. The molecule has 0 aromatic heterocycles. The Balaban J connectivity index is 1.64. The smallest absolute Gasteiger partial charge is 0.252 e. The minimum absolute atomic E-state index is 0.0333. The van der Waals surface area contributed by atoms with Crippen molar-refractivity contribution in [3.63, 3.8) is 0 Å². The number of nitrogens with zero attached hydrogens (tertiary/aromatic N) is 1. The number of fused-ring (bicyclic) bond motifs is 1. The van der Waals surface area contributed by atoms with Gasteiger partial charge in [-0.25, -0.2) is 0 Å². The van der Waals surface area contributed by atoms with Crippen LogP contribution >= 0.6 is 0 Å². The fraction of sp³-hybridized carbons (Fsp3) is 0.261. The van der Waals surface area contributed by atoms with Crippen molar-refractivity contribution in [1.82, 2.24) is 10.2 Å². The Hall–Kier alpha value is -2.65. The average molecular weight is 346 g/mol. The van der Waals surface area contributed by atoms with Crippen LogP contribution in [-0.2, 0) is 13.1 Å². The highest BCUT2D eigenvalue weighted by Gasteiger charge is 2.09.